The monoisotopic (exact) mass is 592 g/mol. The summed E-state index contributed by atoms with van der Waals surface area (Å²) in [6.45, 7) is 0.323. The van der Waals surface area contributed by atoms with E-state index in [-0.39, 0.29) is 4.32 Å². The van der Waals surface area contributed by atoms with E-state index < -0.39 is 11.8 Å². The summed E-state index contributed by atoms with van der Waals surface area (Å²) < 4.78 is 6.82. The smallest absolute Gasteiger partial charge is 0.285 e. The first-order valence-electron chi connectivity index (χ1n) is 9.82. The molecule has 0 saturated carbocycles. The Morgan fingerprint density at radius 3 is 2.56 bits per heavy atom. The Hall–Kier alpha value is -2.36. The maximum Gasteiger partial charge on any atom is 0.285 e. The molecular weight excluding hydrogens is 579 g/mol. The lowest BCUT2D eigenvalue weighted by molar-refractivity contribution is -0.123. The Bertz CT molecular complexity index is 1320. The van der Waals surface area contributed by atoms with Gasteiger partial charge in [0.15, 0.2) is 4.32 Å². The summed E-state index contributed by atoms with van der Waals surface area (Å²) in [6.07, 6.45) is 1.70. The summed E-state index contributed by atoms with van der Waals surface area (Å²) in [5.74, 6) is -0.232. The number of benzene rings is 3. The molecule has 0 aliphatic carbocycles. The molecule has 3 aromatic carbocycles. The van der Waals surface area contributed by atoms with Crippen LogP contribution < -0.4 is 10.2 Å². The summed E-state index contributed by atoms with van der Waals surface area (Å²) >= 11 is 21.9. The van der Waals surface area contributed by atoms with Gasteiger partial charge in [-0.3, -0.25) is 15.0 Å². The van der Waals surface area contributed by atoms with E-state index in [0.717, 1.165) is 32.4 Å². The van der Waals surface area contributed by atoms with Crippen LogP contribution in [0.15, 0.2) is 76.1 Å². The maximum absolute atomic E-state index is 12.8. The molecule has 4 rings (SSSR count). The van der Waals surface area contributed by atoms with Crippen LogP contribution in [0, 0.1) is 0 Å². The van der Waals surface area contributed by atoms with E-state index in [4.69, 9.17) is 40.2 Å². The Morgan fingerprint density at radius 2 is 1.85 bits per heavy atom. The van der Waals surface area contributed by atoms with Gasteiger partial charge in [0.1, 0.15) is 12.4 Å². The number of carbonyl (C=O) groups is 2. The van der Waals surface area contributed by atoms with Crippen molar-refractivity contribution in [3.05, 3.63) is 103 Å². The second kappa shape index (κ2) is 10.9. The van der Waals surface area contributed by atoms with E-state index in [9.17, 15) is 9.59 Å². The predicted molar refractivity (Wildman–Crippen MR) is 144 cm³/mol. The molecular formula is C24H15BrCl2N2O3S2. The minimum Gasteiger partial charge on any atom is -0.488 e. The van der Waals surface area contributed by atoms with Crippen LogP contribution in [0.3, 0.4) is 0 Å². The first-order chi connectivity index (χ1) is 16.3. The van der Waals surface area contributed by atoms with Crippen LogP contribution in [-0.4, -0.2) is 21.1 Å². The number of hydrazine groups is 1. The molecule has 1 fully saturated rings. The fourth-order valence-electron chi connectivity index (χ4n) is 2.98. The minimum atomic E-state index is -0.461. The van der Waals surface area contributed by atoms with Gasteiger partial charge in [-0.1, -0.05) is 59.2 Å². The van der Waals surface area contributed by atoms with Gasteiger partial charge in [-0.25, -0.2) is 0 Å². The summed E-state index contributed by atoms with van der Waals surface area (Å²) in [5.41, 5.74) is 4.55. The topological polar surface area (TPSA) is 58.6 Å². The van der Waals surface area contributed by atoms with E-state index in [1.165, 1.54) is 0 Å². The molecule has 0 spiro atoms. The number of halogens is 3. The second-order valence-corrected chi connectivity index (χ2v) is 10.4. The predicted octanol–water partition coefficient (Wildman–Crippen LogP) is 6.88. The second-order valence-electron chi connectivity index (χ2n) is 7.03. The Kier molecular flexibility index (Phi) is 7.95. The molecule has 1 aliphatic rings. The molecule has 1 N–H and O–H groups in total. The summed E-state index contributed by atoms with van der Waals surface area (Å²) in [7, 11) is 0. The fourth-order valence-corrected chi connectivity index (χ4v) is 4.98. The minimum absolute atomic E-state index is 0.234. The van der Waals surface area contributed by atoms with Gasteiger partial charge in [0.2, 0.25) is 0 Å². The zero-order valence-corrected chi connectivity index (χ0v) is 22.0. The van der Waals surface area contributed by atoms with E-state index in [1.54, 1.807) is 36.4 Å². The van der Waals surface area contributed by atoms with E-state index >= 15 is 0 Å². The molecule has 0 unspecified atom stereocenters. The summed E-state index contributed by atoms with van der Waals surface area (Å²) in [5, 5.41) is 2.22. The highest BCUT2D eigenvalue weighted by molar-refractivity contribution is 9.10. The number of nitrogens with one attached hydrogen (secondary N) is 1. The largest absolute Gasteiger partial charge is 0.488 e. The average molecular weight is 594 g/mol. The number of rotatable bonds is 6. The van der Waals surface area contributed by atoms with E-state index in [2.05, 4.69) is 21.4 Å². The number of thiocarbonyl (C=S) groups is 1. The van der Waals surface area contributed by atoms with Crippen molar-refractivity contribution >= 4 is 85.3 Å². The molecule has 172 valence electrons. The molecule has 2 amide bonds. The SMILES string of the molecule is O=C(NN1C(=O)/C(=C\c2ccc(OCc3ccccc3Cl)c(Br)c2)SC1=S)c1ccc(Cl)cc1. The molecule has 1 saturated heterocycles. The van der Waals surface area contributed by atoms with Gasteiger partial charge < -0.3 is 4.74 Å². The summed E-state index contributed by atoms with van der Waals surface area (Å²) in [4.78, 5) is 25.7. The Morgan fingerprint density at radius 1 is 1.12 bits per heavy atom. The van der Waals surface area contributed by atoms with Crippen molar-refractivity contribution in [2.45, 2.75) is 6.61 Å². The van der Waals surface area contributed by atoms with Crippen LogP contribution in [0.1, 0.15) is 21.5 Å². The first-order valence-corrected chi connectivity index (χ1v) is 12.6. The van der Waals surface area contributed by atoms with Crippen LogP contribution in [0.25, 0.3) is 6.08 Å². The number of ether oxygens (including phenoxy) is 1. The number of hydrogen-bond donors (Lipinski definition) is 1. The zero-order valence-electron chi connectivity index (χ0n) is 17.3. The van der Waals surface area contributed by atoms with Crippen LogP contribution in [0.5, 0.6) is 5.75 Å². The zero-order chi connectivity index (χ0) is 24.2. The summed E-state index contributed by atoms with van der Waals surface area (Å²) in [6, 6.07) is 19.3. The number of carbonyl (C=O) groups excluding carboxylic acids is 2. The van der Waals surface area contributed by atoms with Gasteiger partial charge in [-0.2, -0.15) is 5.01 Å². The van der Waals surface area contributed by atoms with E-state index in [1.807, 2.05) is 36.4 Å². The van der Waals surface area contributed by atoms with Gasteiger partial charge in [-0.05, 0) is 82.3 Å². The van der Waals surface area contributed by atoms with Crippen LogP contribution in [0.2, 0.25) is 10.0 Å². The highest BCUT2D eigenvalue weighted by atomic mass is 79.9. The molecule has 0 atom stereocenters. The third-order valence-electron chi connectivity index (χ3n) is 4.71. The molecule has 10 heteroatoms. The van der Waals surface area contributed by atoms with Crippen molar-refractivity contribution in [3.8, 4) is 5.75 Å². The third kappa shape index (κ3) is 5.82. The van der Waals surface area contributed by atoms with E-state index in [0.29, 0.717) is 32.9 Å². The molecule has 0 aromatic heterocycles. The molecule has 34 heavy (non-hydrogen) atoms. The van der Waals surface area contributed by atoms with Crippen LogP contribution >= 0.6 is 63.1 Å². The van der Waals surface area contributed by atoms with Gasteiger partial charge in [0.05, 0.1) is 9.38 Å². The maximum atomic E-state index is 12.8. The molecule has 3 aromatic rings. The highest BCUT2D eigenvalue weighted by Gasteiger charge is 2.33. The number of nitrogens with zero attached hydrogens (tertiary/aromatic N) is 1. The number of hydrogen-bond acceptors (Lipinski definition) is 5. The van der Waals surface area contributed by atoms with Gasteiger partial charge in [-0.15, -0.1) is 0 Å². The lowest BCUT2D eigenvalue weighted by Gasteiger charge is -2.15. The first kappa shape index (κ1) is 24.8. The average Bonchev–Trinajstić information content (AvgIpc) is 3.07. The Labute approximate surface area is 224 Å². The van der Waals surface area contributed by atoms with Crippen molar-refractivity contribution in [3.63, 3.8) is 0 Å². The fraction of sp³-hybridized carbons (Fsp3) is 0.0417. The normalized spacial score (nSPS) is 14.6. The van der Waals surface area contributed by atoms with Crippen molar-refractivity contribution in [2.24, 2.45) is 0 Å². The molecule has 0 radical (unpaired) electrons. The van der Waals surface area contributed by atoms with Crippen molar-refractivity contribution < 1.29 is 14.3 Å². The van der Waals surface area contributed by atoms with Crippen LogP contribution in [-0.2, 0) is 11.4 Å². The standard InChI is InChI=1S/C24H15BrCl2N2O3S2/c25-18-11-14(5-10-20(18)32-13-16-3-1-2-4-19(16)27)12-21-23(31)29(24(33)34-21)28-22(30)15-6-8-17(26)9-7-15/h1-12H,13H2,(H,28,30)/b21-12+. The highest BCUT2D eigenvalue weighted by Crippen LogP contribution is 2.34. The van der Waals surface area contributed by atoms with Crippen molar-refractivity contribution in [2.75, 3.05) is 0 Å². The molecule has 1 heterocycles. The number of amides is 2. The van der Waals surface area contributed by atoms with Crippen LogP contribution in [0.4, 0.5) is 0 Å². The van der Waals surface area contributed by atoms with Crippen molar-refractivity contribution in [1.29, 1.82) is 0 Å². The van der Waals surface area contributed by atoms with Gasteiger partial charge in [0.25, 0.3) is 11.8 Å². The third-order valence-corrected chi connectivity index (χ3v) is 7.25. The van der Waals surface area contributed by atoms with Crippen molar-refractivity contribution in [1.82, 2.24) is 10.4 Å². The quantitative estimate of drug-likeness (QED) is 0.249. The Balaban J connectivity index is 1.44. The molecule has 1 aliphatic heterocycles. The van der Waals surface area contributed by atoms with Gasteiger partial charge in [0, 0.05) is 21.2 Å². The molecule has 0 bridgehead atoms. The lowest BCUT2D eigenvalue weighted by Crippen LogP contribution is -2.44. The molecule has 5 nitrogen and oxygen atoms in total. The lowest BCUT2D eigenvalue weighted by atomic mass is 10.2. The van der Waals surface area contributed by atoms with Gasteiger partial charge >= 0.3 is 0 Å². The number of thioether (sulfide) groups is 1.